The van der Waals surface area contributed by atoms with Gasteiger partial charge in [-0.05, 0) is 51.4 Å². The molecule has 0 spiro atoms. The van der Waals surface area contributed by atoms with Crippen LogP contribution in [0.15, 0.2) is 36.5 Å². The van der Waals surface area contributed by atoms with Gasteiger partial charge in [-0.3, -0.25) is 14.4 Å². The van der Waals surface area contributed by atoms with E-state index in [4.69, 9.17) is 14.2 Å². The van der Waals surface area contributed by atoms with Crippen LogP contribution in [0.2, 0.25) is 0 Å². The first-order valence-corrected chi connectivity index (χ1v) is 33.0. The average Bonchev–Trinajstić information content (AvgIpc) is 3.40. The van der Waals surface area contributed by atoms with Crippen LogP contribution in [0, 0.1) is 0 Å². The lowest BCUT2D eigenvalue weighted by Gasteiger charge is -2.18. The van der Waals surface area contributed by atoms with Crippen LogP contribution in [0.3, 0.4) is 0 Å². The molecule has 0 radical (unpaired) electrons. The smallest absolute Gasteiger partial charge is 0.306 e. The molecule has 434 valence electrons. The molecule has 0 aliphatic heterocycles. The van der Waals surface area contributed by atoms with E-state index in [9.17, 15) is 14.4 Å². The lowest BCUT2D eigenvalue weighted by Crippen LogP contribution is -2.30. The fourth-order valence-electron chi connectivity index (χ4n) is 9.99. The zero-order valence-electron chi connectivity index (χ0n) is 49.9. The molecule has 0 aromatic carbocycles. The van der Waals surface area contributed by atoms with Crippen molar-refractivity contribution < 1.29 is 28.6 Å². The van der Waals surface area contributed by atoms with Crippen molar-refractivity contribution in [3.63, 3.8) is 0 Å². The predicted octanol–water partition coefficient (Wildman–Crippen LogP) is 22.4. The highest BCUT2D eigenvalue weighted by molar-refractivity contribution is 5.71. The summed E-state index contributed by atoms with van der Waals surface area (Å²) in [6.45, 7) is 6.60. The SMILES string of the molecule is CC/C=C\C/C=C\C/C=C\CCCCCCCCCC(=O)OC(COC(=O)CCCCCCCCCCCCCCCCCCC)COC(=O)CCCCCCCCCCCCCCCCCCCCCCCC. The summed E-state index contributed by atoms with van der Waals surface area (Å²) in [6, 6.07) is 0. The molecule has 0 heterocycles. The molecule has 0 amide bonds. The zero-order chi connectivity index (χ0) is 53.6. The summed E-state index contributed by atoms with van der Waals surface area (Å²) in [7, 11) is 0. The zero-order valence-corrected chi connectivity index (χ0v) is 49.9. The minimum Gasteiger partial charge on any atom is -0.462 e. The van der Waals surface area contributed by atoms with Crippen LogP contribution in [0.4, 0.5) is 0 Å². The molecule has 0 rings (SSSR count). The molecule has 0 saturated carbocycles. The van der Waals surface area contributed by atoms with Crippen LogP contribution in [-0.4, -0.2) is 37.2 Å². The quantitative estimate of drug-likeness (QED) is 0.0261. The van der Waals surface area contributed by atoms with Crippen molar-refractivity contribution in [1.29, 1.82) is 0 Å². The Hall–Kier alpha value is -2.37. The molecular formula is C68H126O6. The van der Waals surface area contributed by atoms with E-state index in [1.807, 2.05) is 0 Å². The predicted molar refractivity (Wildman–Crippen MR) is 321 cm³/mol. The third kappa shape index (κ3) is 60.5. The van der Waals surface area contributed by atoms with Gasteiger partial charge >= 0.3 is 17.9 Å². The standard InChI is InChI=1S/C68H126O6/c1-4-7-10-13-16-19-22-25-28-31-32-33-34-35-38-40-43-46-49-52-55-58-61-67(70)73-64-65(74-68(71)62-59-56-53-50-47-44-41-37-30-27-24-21-18-15-12-9-6-3)63-72-66(69)60-57-54-51-48-45-42-39-36-29-26-23-20-17-14-11-8-5-2/h9,12,18,21,27,30,65H,4-8,10-11,13-17,19-20,22-26,28-29,31-64H2,1-3H3/b12-9-,21-18-,30-27-. The van der Waals surface area contributed by atoms with E-state index in [0.717, 1.165) is 83.5 Å². The van der Waals surface area contributed by atoms with Crippen molar-refractivity contribution in [2.75, 3.05) is 13.2 Å². The molecule has 0 N–H and O–H groups in total. The molecule has 0 aromatic rings. The van der Waals surface area contributed by atoms with Gasteiger partial charge in [0.15, 0.2) is 6.10 Å². The number of ether oxygens (including phenoxy) is 3. The second-order valence-corrected chi connectivity index (χ2v) is 22.4. The topological polar surface area (TPSA) is 78.9 Å². The molecule has 0 saturated heterocycles. The van der Waals surface area contributed by atoms with Crippen LogP contribution in [0.25, 0.3) is 0 Å². The summed E-state index contributed by atoms with van der Waals surface area (Å²) in [4.78, 5) is 38.4. The lowest BCUT2D eigenvalue weighted by atomic mass is 10.0. The van der Waals surface area contributed by atoms with Gasteiger partial charge in [0.05, 0.1) is 0 Å². The molecule has 74 heavy (non-hydrogen) atoms. The van der Waals surface area contributed by atoms with Crippen LogP contribution >= 0.6 is 0 Å². The summed E-state index contributed by atoms with van der Waals surface area (Å²) in [5.74, 6) is -0.852. The maximum absolute atomic E-state index is 12.9. The number of carbonyl (C=O) groups excluding carboxylic acids is 3. The van der Waals surface area contributed by atoms with Crippen LogP contribution < -0.4 is 0 Å². The Morgan fingerprint density at radius 3 is 0.824 bits per heavy atom. The number of allylic oxidation sites excluding steroid dienone is 6. The first kappa shape index (κ1) is 71.6. The Labute approximate surface area is 461 Å². The van der Waals surface area contributed by atoms with E-state index >= 15 is 0 Å². The molecule has 0 fully saturated rings. The molecule has 0 aromatic heterocycles. The maximum Gasteiger partial charge on any atom is 0.306 e. The number of rotatable bonds is 61. The summed E-state index contributed by atoms with van der Waals surface area (Å²) < 4.78 is 17.0. The van der Waals surface area contributed by atoms with E-state index in [2.05, 4.69) is 57.2 Å². The van der Waals surface area contributed by atoms with E-state index in [1.165, 1.54) is 238 Å². The van der Waals surface area contributed by atoms with E-state index in [-0.39, 0.29) is 31.1 Å². The van der Waals surface area contributed by atoms with Gasteiger partial charge < -0.3 is 14.2 Å². The van der Waals surface area contributed by atoms with Gasteiger partial charge in [-0.1, -0.05) is 327 Å². The highest BCUT2D eigenvalue weighted by atomic mass is 16.6. The molecule has 1 atom stereocenters. The number of esters is 3. The van der Waals surface area contributed by atoms with Crippen molar-refractivity contribution in [2.24, 2.45) is 0 Å². The Bertz CT molecular complexity index is 1240. The number of unbranched alkanes of at least 4 members (excludes halogenated alkanes) is 44. The van der Waals surface area contributed by atoms with E-state index < -0.39 is 6.10 Å². The summed E-state index contributed by atoms with van der Waals surface area (Å²) in [6.07, 6.45) is 77.3. The van der Waals surface area contributed by atoms with Gasteiger partial charge in [0.25, 0.3) is 0 Å². The number of hydrogen-bond donors (Lipinski definition) is 0. The number of carbonyl (C=O) groups is 3. The Kier molecular flexibility index (Phi) is 61.1. The average molecular weight is 1040 g/mol. The molecule has 0 aliphatic carbocycles. The Balaban J connectivity index is 4.29. The molecule has 6 nitrogen and oxygen atoms in total. The minimum absolute atomic E-state index is 0.0706. The largest absolute Gasteiger partial charge is 0.462 e. The fraction of sp³-hybridized carbons (Fsp3) is 0.868. The normalized spacial score (nSPS) is 12.2. The molecular weight excluding hydrogens is 913 g/mol. The van der Waals surface area contributed by atoms with Gasteiger partial charge in [0.1, 0.15) is 13.2 Å². The summed E-state index contributed by atoms with van der Waals surface area (Å²) in [5, 5.41) is 0. The maximum atomic E-state index is 12.9. The first-order valence-electron chi connectivity index (χ1n) is 33.0. The van der Waals surface area contributed by atoms with Crippen molar-refractivity contribution in [3.8, 4) is 0 Å². The van der Waals surface area contributed by atoms with Crippen LogP contribution in [-0.2, 0) is 28.6 Å². The highest BCUT2D eigenvalue weighted by Crippen LogP contribution is 2.18. The fourth-order valence-corrected chi connectivity index (χ4v) is 9.99. The van der Waals surface area contributed by atoms with Crippen molar-refractivity contribution in [3.05, 3.63) is 36.5 Å². The van der Waals surface area contributed by atoms with Gasteiger partial charge in [0, 0.05) is 19.3 Å². The van der Waals surface area contributed by atoms with E-state index in [1.54, 1.807) is 0 Å². The van der Waals surface area contributed by atoms with Crippen LogP contribution in [0.1, 0.15) is 361 Å². The first-order chi connectivity index (χ1) is 36.5. The Morgan fingerprint density at radius 2 is 0.527 bits per heavy atom. The van der Waals surface area contributed by atoms with Gasteiger partial charge in [-0.25, -0.2) is 0 Å². The minimum atomic E-state index is -0.775. The van der Waals surface area contributed by atoms with Gasteiger partial charge in [0.2, 0.25) is 0 Å². The van der Waals surface area contributed by atoms with Gasteiger partial charge in [-0.2, -0.15) is 0 Å². The Morgan fingerprint density at radius 1 is 0.284 bits per heavy atom. The van der Waals surface area contributed by atoms with Crippen molar-refractivity contribution in [1.82, 2.24) is 0 Å². The summed E-state index contributed by atoms with van der Waals surface area (Å²) >= 11 is 0. The van der Waals surface area contributed by atoms with E-state index in [0.29, 0.717) is 19.3 Å². The number of hydrogen-bond acceptors (Lipinski definition) is 6. The summed E-state index contributed by atoms with van der Waals surface area (Å²) in [5.41, 5.74) is 0. The van der Waals surface area contributed by atoms with Gasteiger partial charge in [-0.15, -0.1) is 0 Å². The highest BCUT2D eigenvalue weighted by Gasteiger charge is 2.19. The van der Waals surface area contributed by atoms with Crippen molar-refractivity contribution in [2.45, 2.75) is 367 Å². The second-order valence-electron chi connectivity index (χ2n) is 22.4. The molecule has 1 unspecified atom stereocenters. The third-order valence-corrected chi connectivity index (χ3v) is 14.9. The molecule has 0 aliphatic rings. The monoisotopic (exact) mass is 1040 g/mol. The van der Waals surface area contributed by atoms with Crippen molar-refractivity contribution >= 4 is 17.9 Å². The lowest BCUT2D eigenvalue weighted by molar-refractivity contribution is -0.167. The molecule has 0 bridgehead atoms. The second kappa shape index (κ2) is 63.2. The molecule has 6 heteroatoms. The van der Waals surface area contributed by atoms with Crippen LogP contribution in [0.5, 0.6) is 0 Å². The third-order valence-electron chi connectivity index (χ3n) is 14.9.